The molecule has 1 unspecified atom stereocenters. The van der Waals surface area contributed by atoms with Crippen LogP contribution in [-0.2, 0) is 4.74 Å². The highest BCUT2D eigenvalue weighted by Gasteiger charge is 2.40. The Balaban J connectivity index is 1.87. The first-order chi connectivity index (χ1) is 8.35. The number of aromatic nitrogens is 1. The number of alkyl carbamates (subject to hydrolysis) is 1. The van der Waals surface area contributed by atoms with Gasteiger partial charge in [0.15, 0.2) is 0 Å². The van der Waals surface area contributed by atoms with Crippen molar-refractivity contribution in [2.75, 3.05) is 0 Å². The van der Waals surface area contributed by atoms with E-state index in [2.05, 4.69) is 10.3 Å². The fourth-order valence-electron chi connectivity index (χ4n) is 1.81. The molecule has 1 aliphatic rings. The Morgan fingerprint density at radius 2 is 2.22 bits per heavy atom. The van der Waals surface area contributed by atoms with Gasteiger partial charge in [0.2, 0.25) is 0 Å². The second-order valence-electron chi connectivity index (χ2n) is 5.53. The standard InChI is InChI=1S/C13H17FN2O2/c1-13(2,3)18-12(17)16-11-5-10(11)8-4-9(14)7-15-6-8/h4,6-7,10-11H,5H2,1-3H3,(H,16,17)/t10?,11-/m1/s1. The number of carbonyl (C=O) groups excluding carboxylic acids is 1. The molecule has 1 N–H and O–H groups in total. The molecule has 4 nitrogen and oxygen atoms in total. The summed E-state index contributed by atoms with van der Waals surface area (Å²) < 4.78 is 18.1. The molecule has 18 heavy (non-hydrogen) atoms. The Labute approximate surface area is 106 Å². The average molecular weight is 252 g/mol. The van der Waals surface area contributed by atoms with E-state index in [4.69, 9.17) is 4.74 Å². The van der Waals surface area contributed by atoms with Crippen LogP contribution in [0.25, 0.3) is 0 Å². The zero-order valence-corrected chi connectivity index (χ0v) is 10.7. The fourth-order valence-corrected chi connectivity index (χ4v) is 1.81. The molecule has 1 aliphatic carbocycles. The first-order valence-corrected chi connectivity index (χ1v) is 5.95. The van der Waals surface area contributed by atoms with Gasteiger partial charge in [-0.15, -0.1) is 0 Å². The van der Waals surface area contributed by atoms with Crippen molar-refractivity contribution in [3.63, 3.8) is 0 Å². The van der Waals surface area contributed by atoms with E-state index in [1.807, 2.05) is 20.8 Å². The van der Waals surface area contributed by atoms with Gasteiger partial charge in [0.1, 0.15) is 11.4 Å². The summed E-state index contributed by atoms with van der Waals surface area (Å²) in [5.41, 5.74) is 0.311. The predicted octanol–water partition coefficient (Wildman–Crippen LogP) is 2.60. The monoisotopic (exact) mass is 252 g/mol. The third-order valence-corrected chi connectivity index (χ3v) is 2.65. The number of nitrogens with one attached hydrogen (secondary N) is 1. The highest BCUT2D eigenvalue weighted by Crippen LogP contribution is 2.40. The van der Waals surface area contributed by atoms with Crippen molar-refractivity contribution >= 4 is 6.09 Å². The highest BCUT2D eigenvalue weighted by atomic mass is 19.1. The van der Waals surface area contributed by atoms with Crippen molar-refractivity contribution in [1.82, 2.24) is 10.3 Å². The highest BCUT2D eigenvalue weighted by molar-refractivity contribution is 5.69. The molecule has 1 amide bonds. The zero-order valence-electron chi connectivity index (χ0n) is 10.7. The number of rotatable bonds is 2. The van der Waals surface area contributed by atoms with E-state index >= 15 is 0 Å². The summed E-state index contributed by atoms with van der Waals surface area (Å²) in [5, 5.41) is 2.77. The molecular formula is C13H17FN2O2. The summed E-state index contributed by atoms with van der Waals surface area (Å²) in [6.45, 7) is 5.44. The maximum Gasteiger partial charge on any atom is 0.407 e. The number of hydrogen-bond acceptors (Lipinski definition) is 3. The lowest BCUT2D eigenvalue weighted by molar-refractivity contribution is 0.0523. The molecule has 0 saturated heterocycles. The molecule has 0 aliphatic heterocycles. The SMILES string of the molecule is CC(C)(C)OC(=O)N[C@@H]1CC1c1cncc(F)c1. The van der Waals surface area contributed by atoms with Crippen molar-refractivity contribution in [2.24, 2.45) is 0 Å². The van der Waals surface area contributed by atoms with Crippen LogP contribution in [0.2, 0.25) is 0 Å². The van der Waals surface area contributed by atoms with Gasteiger partial charge in [0, 0.05) is 18.2 Å². The average Bonchev–Trinajstić information content (AvgIpc) is 2.93. The molecule has 0 bridgehead atoms. The molecule has 98 valence electrons. The second-order valence-corrected chi connectivity index (χ2v) is 5.53. The van der Waals surface area contributed by atoms with Gasteiger partial charge in [0.25, 0.3) is 0 Å². The van der Waals surface area contributed by atoms with Gasteiger partial charge < -0.3 is 10.1 Å². The van der Waals surface area contributed by atoms with Crippen LogP contribution >= 0.6 is 0 Å². The molecule has 1 heterocycles. The van der Waals surface area contributed by atoms with Crippen molar-refractivity contribution < 1.29 is 13.9 Å². The van der Waals surface area contributed by atoms with Gasteiger partial charge in [-0.2, -0.15) is 0 Å². The lowest BCUT2D eigenvalue weighted by Crippen LogP contribution is -2.34. The second kappa shape index (κ2) is 4.55. The van der Waals surface area contributed by atoms with Gasteiger partial charge in [0.05, 0.1) is 6.20 Å². The first-order valence-electron chi connectivity index (χ1n) is 5.95. The van der Waals surface area contributed by atoms with E-state index in [9.17, 15) is 9.18 Å². The summed E-state index contributed by atoms with van der Waals surface area (Å²) in [5.74, 6) is -0.212. The third kappa shape index (κ3) is 3.42. The van der Waals surface area contributed by atoms with Crippen LogP contribution in [0.5, 0.6) is 0 Å². The van der Waals surface area contributed by atoms with Gasteiger partial charge in [-0.3, -0.25) is 4.98 Å². The Morgan fingerprint density at radius 1 is 1.50 bits per heavy atom. The number of ether oxygens (including phenoxy) is 1. The van der Waals surface area contributed by atoms with Crippen molar-refractivity contribution in [3.8, 4) is 0 Å². The summed E-state index contributed by atoms with van der Waals surface area (Å²) in [6, 6.07) is 1.47. The summed E-state index contributed by atoms with van der Waals surface area (Å²) in [7, 11) is 0. The zero-order chi connectivity index (χ0) is 13.3. The predicted molar refractivity (Wildman–Crippen MR) is 64.7 cm³/mol. The molecule has 0 radical (unpaired) electrons. The van der Waals surface area contributed by atoms with Crippen LogP contribution in [0, 0.1) is 5.82 Å². The van der Waals surface area contributed by atoms with Crippen LogP contribution < -0.4 is 5.32 Å². The van der Waals surface area contributed by atoms with Crippen LogP contribution in [0.4, 0.5) is 9.18 Å². The van der Waals surface area contributed by atoms with E-state index in [0.29, 0.717) is 0 Å². The van der Waals surface area contributed by atoms with E-state index in [1.165, 1.54) is 12.3 Å². The molecule has 2 atom stereocenters. The molecular weight excluding hydrogens is 235 g/mol. The van der Waals surface area contributed by atoms with Gasteiger partial charge in [-0.25, -0.2) is 9.18 Å². The Kier molecular flexibility index (Phi) is 3.24. The van der Waals surface area contributed by atoms with Gasteiger partial charge >= 0.3 is 6.09 Å². The number of pyridine rings is 1. The molecule has 0 spiro atoms. The van der Waals surface area contributed by atoms with Crippen LogP contribution in [-0.4, -0.2) is 22.7 Å². The Morgan fingerprint density at radius 3 is 2.83 bits per heavy atom. The number of nitrogens with zero attached hydrogens (tertiary/aromatic N) is 1. The lowest BCUT2D eigenvalue weighted by atomic mass is 10.2. The number of amides is 1. The molecule has 5 heteroatoms. The van der Waals surface area contributed by atoms with Crippen molar-refractivity contribution in [3.05, 3.63) is 29.8 Å². The first kappa shape index (κ1) is 12.8. The quantitative estimate of drug-likeness (QED) is 0.880. The number of carbonyl (C=O) groups is 1. The van der Waals surface area contributed by atoms with Gasteiger partial charge in [-0.1, -0.05) is 0 Å². The minimum atomic E-state index is -0.505. The van der Waals surface area contributed by atoms with Gasteiger partial charge in [-0.05, 0) is 38.8 Å². The Bertz CT molecular complexity index is 457. The van der Waals surface area contributed by atoms with Crippen LogP contribution in [0.3, 0.4) is 0 Å². The fraction of sp³-hybridized carbons (Fsp3) is 0.538. The normalized spacial score (nSPS) is 22.4. The van der Waals surface area contributed by atoms with E-state index in [1.54, 1.807) is 6.20 Å². The van der Waals surface area contributed by atoms with Crippen LogP contribution in [0.1, 0.15) is 38.7 Å². The van der Waals surface area contributed by atoms with Crippen molar-refractivity contribution in [1.29, 1.82) is 0 Å². The molecule has 2 rings (SSSR count). The Hall–Kier alpha value is -1.65. The maximum atomic E-state index is 13.0. The maximum absolute atomic E-state index is 13.0. The molecule has 1 saturated carbocycles. The minimum Gasteiger partial charge on any atom is -0.444 e. The molecule has 1 fully saturated rings. The van der Waals surface area contributed by atoms with E-state index < -0.39 is 11.7 Å². The number of hydrogen-bond donors (Lipinski definition) is 1. The summed E-state index contributed by atoms with van der Waals surface area (Å²) in [6.07, 6.45) is 3.16. The molecule has 1 aromatic heterocycles. The minimum absolute atomic E-state index is 0.0171. The smallest absolute Gasteiger partial charge is 0.407 e. The molecule has 0 aromatic carbocycles. The van der Waals surface area contributed by atoms with Crippen molar-refractivity contribution in [2.45, 2.75) is 44.8 Å². The third-order valence-electron chi connectivity index (χ3n) is 2.65. The van der Waals surface area contributed by atoms with E-state index in [0.717, 1.165) is 12.0 Å². The topological polar surface area (TPSA) is 51.2 Å². The largest absolute Gasteiger partial charge is 0.444 e. The summed E-state index contributed by atoms with van der Waals surface area (Å²) >= 11 is 0. The summed E-state index contributed by atoms with van der Waals surface area (Å²) in [4.78, 5) is 15.3. The number of halogens is 1. The van der Waals surface area contributed by atoms with Crippen LogP contribution in [0.15, 0.2) is 18.5 Å². The lowest BCUT2D eigenvalue weighted by Gasteiger charge is -2.19. The molecule has 1 aromatic rings. The van der Waals surface area contributed by atoms with E-state index in [-0.39, 0.29) is 17.8 Å².